The van der Waals surface area contributed by atoms with Gasteiger partial charge in [-0.25, -0.2) is 13.8 Å². The third-order valence-electron chi connectivity index (χ3n) is 3.30. The Bertz CT molecular complexity index is 860. The smallest absolute Gasteiger partial charge is 0.255 e. The molecular weight excluding hydrogens is 346 g/mol. The molecule has 0 unspecified atom stereocenters. The number of benzene rings is 1. The molecular formula is C16H19N3O5S. The number of nitrogens with zero attached hydrogens (tertiary/aromatic N) is 2. The second kappa shape index (κ2) is 7.95. The van der Waals surface area contributed by atoms with Crippen molar-refractivity contribution in [1.82, 2.24) is 9.73 Å². The molecule has 0 saturated heterocycles. The first kappa shape index (κ1) is 18.7. The van der Waals surface area contributed by atoms with Crippen LogP contribution in [0.4, 0.5) is 0 Å². The first-order valence-corrected chi connectivity index (χ1v) is 8.75. The summed E-state index contributed by atoms with van der Waals surface area (Å²) in [6, 6.07) is 8.16. The highest BCUT2D eigenvalue weighted by molar-refractivity contribution is 7.89. The van der Waals surface area contributed by atoms with Crippen molar-refractivity contribution in [2.45, 2.75) is 11.8 Å². The molecule has 2 rings (SSSR count). The molecule has 0 spiro atoms. The number of rotatable bonds is 7. The normalized spacial score (nSPS) is 11.8. The maximum atomic E-state index is 12.7. The van der Waals surface area contributed by atoms with Crippen LogP contribution in [0.3, 0.4) is 0 Å². The Morgan fingerprint density at radius 3 is 2.80 bits per heavy atom. The molecule has 1 heterocycles. The summed E-state index contributed by atoms with van der Waals surface area (Å²) in [6.45, 7) is 1.38. The zero-order valence-electron chi connectivity index (χ0n) is 14.1. The largest absolute Gasteiger partial charge is 0.495 e. The summed E-state index contributed by atoms with van der Waals surface area (Å²) in [5.41, 5.74) is 3.01. The van der Waals surface area contributed by atoms with Crippen LogP contribution in [0.25, 0.3) is 0 Å². The van der Waals surface area contributed by atoms with E-state index in [0.29, 0.717) is 5.76 Å². The molecule has 0 bridgehead atoms. The van der Waals surface area contributed by atoms with Gasteiger partial charge in [0.15, 0.2) is 0 Å². The first-order valence-electron chi connectivity index (χ1n) is 7.31. The van der Waals surface area contributed by atoms with Crippen molar-refractivity contribution in [3.05, 3.63) is 47.9 Å². The standard InChI is InChI=1S/C16H19N3O5S/c1-12-6-7-14(23-3)15(9-12)25(21,22)19(2)11-16(20)18-17-10-13-5-4-8-24-13/h4-10H,11H2,1-3H3,(H,18,20)/b17-10-. The third-order valence-corrected chi connectivity index (χ3v) is 5.12. The van der Waals surface area contributed by atoms with Gasteiger partial charge in [-0.05, 0) is 36.8 Å². The average molecular weight is 365 g/mol. The number of aryl methyl sites for hydroxylation is 1. The van der Waals surface area contributed by atoms with Gasteiger partial charge in [0.25, 0.3) is 5.91 Å². The van der Waals surface area contributed by atoms with E-state index in [-0.39, 0.29) is 10.6 Å². The molecule has 0 fully saturated rings. The van der Waals surface area contributed by atoms with Gasteiger partial charge in [0.1, 0.15) is 16.4 Å². The number of hydrogen-bond acceptors (Lipinski definition) is 6. The Morgan fingerprint density at radius 1 is 1.40 bits per heavy atom. The molecule has 25 heavy (non-hydrogen) atoms. The van der Waals surface area contributed by atoms with Crippen molar-refractivity contribution in [2.24, 2.45) is 5.10 Å². The van der Waals surface area contributed by atoms with Gasteiger partial charge >= 0.3 is 0 Å². The zero-order valence-corrected chi connectivity index (χ0v) is 14.9. The van der Waals surface area contributed by atoms with Gasteiger partial charge < -0.3 is 9.15 Å². The number of hydrogen-bond donors (Lipinski definition) is 1. The van der Waals surface area contributed by atoms with Gasteiger partial charge in [0, 0.05) is 7.05 Å². The van der Waals surface area contributed by atoms with Crippen LogP contribution in [0.2, 0.25) is 0 Å². The van der Waals surface area contributed by atoms with Crippen LogP contribution in [0.5, 0.6) is 5.75 Å². The molecule has 2 aromatic rings. The lowest BCUT2D eigenvalue weighted by atomic mass is 10.2. The molecule has 1 amide bonds. The maximum Gasteiger partial charge on any atom is 0.255 e. The highest BCUT2D eigenvalue weighted by Gasteiger charge is 2.26. The molecule has 1 N–H and O–H groups in total. The lowest BCUT2D eigenvalue weighted by Gasteiger charge is -2.18. The van der Waals surface area contributed by atoms with E-state index in [2.05, 4.69) is 10.5 Å². The number of nitrogens with one attached hydrogen (secondary N) is 1. The van der Waals surface area contributed by atoms with Crippen molar-refractivity contribution >= 4 is 22.1 Å². The van der Waals surface area contributed by atoms with Crippen LogP contribution in [0.1, 0.15) is 11.3 Å². The Morgan fingerprint density at radius 2 is 2.16 bits per heavy atom. The van der Waals surface area contributed by atoms with E-state index in [9.17, 15) is 13.2 Å². The molecule has 134 valence electrons. The summed E-state index contributed by atoms with van der Waals surface area (Å²) in [5, 5.41) is 3.70. The fourth-order valence-corrected chi connectivity index (χ4v) is 3.37. The zero-order chi connectivity index (χ0) is 18.4. The predicted octanol–water partition coefficient (Wildman–Crippen LogP) is 1.37. The van der Waals surface area contributed by atoms with Crippen LogP contribution >= 0.6 is 0 Å². The summed E-state index contributed by atoms with van der Waals surface area (Å²) < 4.78 is 36.4. The topological polar surface area (TPSA) is 101 Å². The minimum atomic E-state index is -3.89. The van der Waals surface area contributed by atoms with E-state index in [1.807, 2.05) is 0 Å². The van der Waals surface area contributed by atoms with Gasteiger partial charge in [0.05, 0.1) is 26.1 Å². The van der Waals surface area contributed by atoms with Gasteiger partial charge in [-0.2, -0.15) is 9.41 Å². The lowest BCUT2D eigenvalue weighted by Crippen LogP contribution is -2.36. The molecule has 1 aromatic heterocycles. The van der Waals surface area contributed by atoms with Crippen molar-refractivity contribution in [3.8, 4) is 5.75 Å². The fraction of sp³-hybridized carbons (Fsp3) is 0.250. The Hall–Kier alpha value is -2.65. The number of sulfonamides is 1. The fourth-order valence-electron chi connectivity index (χ4n) is 2.01. The van der Waals surface area contributed by atoms with Crippen LogP contribution in [0.15, 0.2) is 51.0 Å². The number of carbonyl (C=O) groups excluding carboxylic acids is 1. The molecule has 0 aliphatic rings. The van der Waals surface area contributed by atoms with E-state index in [4.69, 9.17) is 9.15 Å². The number of ether oxygens (including phenoxy) is 1. The Balaban J connectivity index is 2.07. The third kappa shape index (κ3) is 4.68. The second-order valence-corrected chi connectivity index (χ2v) is 7.24. The van der Waals surface area contributed by atoms with E-state index in [1.54, 1.807) is 31.2 Å². The van der Waals surface area contributed by atoms with Crippen LogP contribution in [0, 0.1) is 6.92 Å². The van der Waals surface area contributed by atoms with Crippen molar-refractivity contribution in [1.29, 1.82) is 0 Å². The molecule has 0 aliphatic heterocycles. The molecule has 1 aromatic carbocycles. The first-order chi connectivity index (χ1) is 11.8. The van der Waals surface area contributed by atoms with Gasteiger partial charge in [-0.15, -0.1) is 0 Å². The summed E-state index contributed by atoms with van der Waals surface area (Å²) in [5.74, 6) is 0.0972. The summed E-state index contributed by atoms with van der Waals surface area (Å²) in [4.78, 5) is 11.9. The van der Waals surface area contributed by atoms with E-state index >= 15 is 0 Å². The predicted molar refractivity (Wildman–Crippen MR) is 92.0 cm³/mol. The number of amides is 1. The van der Waals surface area contributed by atoms with Gasteiger partial charge in [-0.1, -0.05) is 6.07 Å². The van der Waals surface area contributed by atoms with Gasteiger partial charge in [-0.3, -0.25) is 4.79 Å². The monoisotopic (exact) mass is 365 g/mol. The molecule has 9 heteroatoms. The van der Waals surface area contributed by atoms with E-state index in [1.165, 1.54) is 32.7 Å². The van der Waals surface area contributed by atoms with Gasteiger partial charge in [0.2, 0.25) is 10.0 Å². The number of hydrazone groups is 1. The minimum absolute atomic E-state index is 0.00406. The highest BCUT2D eigenvalue weighted by atomic mass is 32.2. The molecule has 0 aliphatic carbocycles. The summed E-state index contributed by atoms with van der Waals surface area (Å²) >= 11 is 0. The lowest BCUT2D eigenvalue weighted by molar-refractivity contribution is -0.121. The number of likely N-dealkylation sites (N-methyl/N-ethyl adjacent to an activating group) is 1. The van der Waals surface area contributed by atoms with Crippen LogP contribution in [-0.4, -0.2) is 45.5 Å². The Labute approximate surface area is 146 Å². The second-order valence-electron chi connectivity index (χ2n) is 5.22. The van der Waals surface area contributed by atoms with Crippen molar-refractivity contribution in [3.63, 3.8) is 0 Å². The SMILES string of the molecule is COc1ccc(C)cc1S(=O)(=O)N(C)CC(=O)N/N=C\c1ccco1. The quantitative estimate of drug-likeness (QED) is 0.590. The van der Waals surface area contributed by atoms with Crippen LogP contribution < -0.4 is 10.2 Å². The summed E-state index contributed by atoms with van der Waals surface area (Å²) in [7, 11) is -1.19. The number of carbonyl (C=O) groups is 1. The molecule has 0 atom stereocenters. The minimum Gasteiger partial charge on any atom is -0.495 e. The van der Waals surface area contributed by atoms with Crippen molar-refractivity contribution < 1.29 is 22.4 Å². The maximum absolute atomic E-state index is 12.7. The van der Waals surface area contributed by atoms with Crippen LogP contribution in [-0.2, 0) is 14.8 Å². The molecule has 0 saturated carbocycles. The highest BCUT2D eigenvalue weighted by Crippen LogP contribution is 2.26. The van der Waals surface area contributed by atoms with Crippen molar-refractivity contribution in [2.75, 3.05) is 20.7 Å². The number of methoxy groups -OCH3 is 1. The molecule has 8 nitrogen and oxygen atoms in total. The summed E-state index contributed by atoms with van der Waals surface area (Å²) in [6.07, 6.45) is 2.79. The Kier molecular flexibility index (Phi) is 5.94. The molecule has 0 radical (unpaired) electrons. The van der Waals surface area contributed by atoms with E-state index in [0.717, 1.165) is 9.87 Å². The number of furan rings is 1. The average Bonchev–Trinajstić information content (AvgIpc) is 3.08. The van der Waals surface area contributed by atoms with E-state index < -0.39 is 22.5 Å².